The first kappa shape index (κ1) is 19.5. The summed E-state index contributed by atoms with van der Waals surface area (Å²) in [4.78, 5) is 2.40. The summed E-state index contributed by atoms with van der Waals surface area (Å²) in [5.74, 6) is 1.34. The fraction of sp³-hybridized carbons (Fsp3) is 0.391. The molecular formula is C23H29N5O. The van der Waals surface area contributed by atoms with Crippen molar-refractivity contribution in [2.75, 3.05) is 43.5 Å². The molecular weight excluding hydrogens is 362 g/mol. The molecule has 6 nitrogen and oxygen atoms in total. The highest BCUT2D eigenvalue weighted by Crippen LogP contribution is 2.33. The number of methoxy groups -OCH3 is 1. The molecule has 0 amide bonds. The quantitative estimate of drug-likeness (QED) is 0.689. The van der Waals surface area contributed by atoms with Gasteiger partial charge in [0, 0.05) is 42.6 Å². The molecule has 0 aliphatic carbocycles. The lowest BCUT2D eigenvalue weighted by Crippen LogP contribution is -2.43. The summed E-state index contributed by atoms with van der Waals surface area (Å²) in [6.07, 6.45) is 0. The summed E-state index contributed by atoms with van der Waals surface area (Å²) in [5, 5.41) is 17.8. The van der Waals surface area contributed by atoms with Crippen molar-refractivity contribution in [3.63, 3.8) is 0 Å². The van der Waals surface area contributed by atoms with E-state index in [9.17, 15) is 0 Å². The fourth-order valence-electron chi connectivity index (χ4n) is 4.02. The van der Waals surface area contributed by atoms with Crippen molar-refractivity contribution in [3.05, 3.63) is 53.1 Å². The molecule has 2 N–H and O–H groups in total. The van der Waals surface area contributed by atoms with Crippen LogP contribution in [0.25, 0.3) is 10.8 Å². The van der Waals surface area contributed by atoms with Crippen molar-refractivity contribution in [2.24, 2.45) is 0 Å². The maximum absolute atomic E-state index is 5.47. The molecule has 1 aromatic heterocycles. The zero-order valence-corrected chi connectivity index (χ0v) is 17.6. The van der Waals surface area contributed by atoms with Crippen LogP contribution >= 0.6 is 0 Å². The van der Waals surface area contributed by atoms with Crippen LogP contribution in [-0.4, -0.2) is 43.5 Å². The van der Waals surface area contributed by atoms with Crippen molar-refractivity contribution in [2.45, 2.75) is 26.8 Å². The van der Waals surface area contributed by atoms with E-state index in [2.05, 4.69) is 82.9 Å². The molecule has 1 atom stereocenters. The zero-order valence-electron chi connectivity index (χ0n) is 17.6. The van der Waals surface area contributed by atoms with Gasteiger partial charge in [0.1, 0.15) is 0 Å². The fourth-order valence-corrected chi connectivity index (χ4v) is 4.02. The third kappa shape index (κ3) is 3.85. The number of hydrogen-bond acceptors (Lipinski definition) is 6. The third-order valence-corrected chi connectivity index (χ3v) is 5.87. The van der Waals surface area contributed by atoms with Crippen LogP contribution in [0.2, 0.25) is 0 Å². The van der Waals surface area contributed by atoms with E-state index in [1.807, 2.05) is 0 Å². The summed E-state index contributed by atoms with van der Waals surface area (Å²) >= 11 is 0. The third-order valence-electron chi connectivity index (χ3n) is 5.87. The van der Waals surface area contributed by atoms with Gasteiger partial charge < -0.3 is 20.3 Å². The normalized spacial score (nSPS) is 15.4. The molecule has 29 heavy (non-hydrogen) atoms. The SMILES string of the molecule is COc1nnc(N[C@H](C)c2cccc(C)c2C)c2cc(N3CCNCC3)ccc12. The predicted octanol–water partition coefficient (Wildman–Crippen LogP) is 3.84. The zero-order chi connectivity index (χ0) is 20.4. The van der Waals surface area contributed by atoms with Crippen LogP contribution < -0.4 is 20.3 Å². The minimum atomic E-state index is 0.114. The minimum Gasteiger partial charge on any atom is -0.479 e. The standard InChI is InChI=1S/C23H29N5O/c1-15-6-5-7-19(16(15)2)17(3)25-22-21-14-18(28-12-10-24-11-13-28)8-9-20(21)23(29-4)27-26-22/h5-9,14,17,24H,10-13H2,1-4H3,(H,25,26)/t17-/m1/s1. The van der Waals surface area contributed by atoms with Crippen LogP contribution in [0.4, 0.5) is 11.5 Å². The monoisotopic (exact) mass is 391 g/mol. The molecule has 0 spiro atoms. The van der Waals surface area contributed by atoms with E-state index in [-0.39, 0.29) is 6.04 Å². The molecule has 0 bridgehead atoms. The van der Waals surface area contributed by atoms with E-state index < -0.39 is 0 Å². The van der Waals surface area contributed by atoms with E-state index in [4.69, 9.17) is 4.74 Å². The van der Waals surface area contributed by atoms with Gasteiger partial charge in [0.15, 0.2) is 5.82 Å². The number of nitrogens with one attached hydrogen (secondary N) is 2. The molecule has 6 heteroatoms. The van der Waals surface area contributed by atoms with E-state index >= 15 is 0 Å². The second-order valence-electron chi connectivity index (χ2n) is 7.68. The largest absolute Gasteiger partial charge is 0.479 e. The first-order valence-corrected chi connectivity index (χ1v) is 10.2. The van der Waals surface area contributed by atoms with Gasteiger partial charge in [0.25, 0.3) is 0 Å². The number of aromatic nitrogens is 2. The van der Waals surface area contributed by atoms with Crippen LogP contribution in [0.15, 0.2) is 36.4 Å². The highest BCUT2D eigenvalue weighted by molar-refractivity contribution is 5.97. The highest BCUT2D eigenvalue weighted by Gasteiger charge is 2.17. The highest BCUT2D eigenvalue weighted by atomic mass is 16.5. The van der Waals surface area contributed by atoms with Gasteiger partial charge in [-0.2, -0.15) is 0 Å². The summed E-state index contributed by atoms with van der Waals surface area (Å²) in [5.41, 5.74) is 5.08. The Kier molecular flexibility index (Phi) is 5.53. The number of benzene rings is 2. The Morgan fingerprint density at radius 1 is 1.07 bits per heavy atom. The molecule has 0 radical (unpaired) electrons. The van der Waals surface area contributed by atoms with E-state index in [0.717, 1.165) is 42.8 Å². The second-order valence-corrected chi connectivity index (χ2v) is 7.68. The minimum absolute atomic E-state index is 0.114. The van der Waals surface area contributed by atoms with E-state index in [0.29, 0.717) is 5.88 Å². The van der Waals surface area contributed by atoms with Crippen LogP contribution in [0.5, 0.6) is 5.88 Å². The smallest absolute Gasteiger partial charge is 0.241 e. The van der Waals surface area contributed by atoms with Crippen LogP contribution in [0, 0.1) is 13.8 Å². The summed E-state index contributed by atoms with van der Waals surface area (Å²) in [6.45, 7) is 10.5. The topological polar surface area (TPSA) is 62.3 Å². The maximum Gasteiger partial charge on any atom is 0.241 e. The molecule has 4 rings (SSSR count). The molecule has 0 unspecified atom stereocenters. The van der Waals surface area contributed by atoms with Crippen LogP contribution in [-0.2, 0) is 0 Å². The Morgan fingerprint density at radius 3 is 2.62 bits per heavy atom. The van der Waals surface area contributed by atoms with Gasteiger partial charge in [-0.05, 0) is 55.7 Å². The first-order valence-electron chi connectivity index (χ1n) is 10.2. The number of piperazine rings is 1. The average Bonchev–Trinajstić information content (AvgIpc) is 2.76. The molecule has 152 valence electrons. The molecule has 2 heterocycles. The summed E-state index contributed by atoms with van der Waals surface area (Å²) in [7, 11) is 1.64. The van der Waals surface area contributed by atoms with Crippen molar-refractivity contribution in [1.82, 2.24) is 15.5 Å². The Morgan fingerprint density at radius 2 is 1.86 bits per heavy atom. The van der Waals surface area contributed by atoms with Crippen molar-refractivity contribution in [3.8, 4) is 5.88 Å². The van der Waals surface area contributed by atoms with Crippen molar-refractivity contribution < 1.29 is 4.74 Å². The molecule has 0 saturated carbocycles. The van der Waals surface area contributed by atoms with Crippen molar-refractivity contribution >= 4 is 22.3 Å². The van der Waals surface area contributed by atoms with Gasteiger partial charge in [-0.3, -0.25) is 0 Å². The van der Waals surface area contributed by atoms with E-state index in [1.54, 1.807) is 7.11 Å². The lowest BCUT2D eigenvalue weighted by molar-refractivity contribution is 0.398. The molecule has 1 aliphatic heterocycles. The van der Waals surface area contributed by atoms with Crippen LogP contribution in [0.3, 0.4) is 0 Å². The summed E-state index contributed by atoms with van der Waals surface area (Å²) < 4.78 is 5.47. The average molecular weight is 392 g/mol. The number of nitrogens with zero attached hydrogens (tertiary/aromatic N) is 3. The molecule has 2 aromatic carbocycles. The van der Waals surface area contributed by atoms with Crippen LogP contribution in [0.1, 0.15) is 29.7 Å². The number of aryl methyl sites for hydroxylation is 1. The molecule has 3 aromatic rings. The molecule has 1 aliphatic rings. The second kappa shape index (κ2) is 8.25. The number of hydrogen-bond donors (Lipinski definition) is 2. The number of anilines is 2. The predicted molar refractivity (Wildman–Crippen MR) is 119 cm³/mol. The Bertz CT molecular complexity index is 1010. The van der Waals surface area contributed by atoms with Gasteiger partial charge in [0.2, 0.25) is 5.88 Å². The van der Waals surface area contributed by atoms with Gasteiger partial charge in [-0.15, -0.1) is 10.2 Å². The Hall–Kier alpha value is -2.86. The Labute approximate surface area is 172 Å². The van der Waals surface area contributed by atoms with Gasteiger partial charge >= 0.3 is 0 Å². The molecule has 1 fully saturated rings. The maximum atomic E-state index is 5.47. The number of fused-ring (bicyclic) bond motifs is 1. The first-order chi connectivity index (χ1) is 14.1. The van der Waals surface area contributed by atoms with Gasteiger partial charge in [-0.1, -0.05) is 18.2 Å². The number of ether oxygens (including phenoxy) is 1. The lowest BCUT2D eigenvalue weighted by atomic mass is 9.98. The van der Waals surface area contributed by atoms with Gasteiger partial charge in [0.05, 0.1) is 13.2 Å². The van der Waals surface area contributed by atoms with E-state index in [1.165, 1.54) is 22.4 Å². The molecule has 1 saturated heterocycles. The lowest BCUT2D eigenvalue weighted by Gasteiger charge is -2.29. The number of rotatable bonds is 5. The van der Waals surface area contributed by atoms with Crippen molar-refractivity contribution in [1.29, 1.82) is 0 Å². The Balaban J connectivity index is 1.73. The summed E-state index contributed by atoms with van der Waals surface area (Å²) in [6, 6.07) is 13.0. The van der Waals surface area contributed by atoms with Gasteiger partial charge in [-0.25, -0.2) is 0 Å².